The predicted molar refractivity (Wildman–Crippen MR) is 184 cm³/mol. The van der Waals surface area contributed by atoms with Crippen LogP contribution >= 0.6 is 42.4 Å². The summed E-state index contributed by atoms with van der Waals surface area (Å²) in [5, 5.41) is 27.3. The molecule has 18 nitrogen and oxygen atoms in total. The molecule has 2 aromatic heterocycles. The van der Waals surface area contributed by atoms with Crippen molar-refractivity contribution in [3.63, 3.8) is 0 Å². The van der Waals surface area contributed by atoms with Gasteiger partial charge in [-0.1, -0.05) is 11.6 Å². The van der Waals surface area contributed by atoms with Gasteiger partial charge in [0, 0.05) is 18.0 Å². The lowest BCUT2D eigenvalue weighted by atomic mass is 10.1. The van der Waals surface area contributed by atoms with Gasteiger partial charge in [0.25, 0.3) is 0 Å². The molecule has 2 heterocycles. The van der Waals surface area contributed by atoms with Crippen molar-refractivity contribution in [2.45, 2.75) is 58.5 Å². The van der Waals surface area contributed by atoms with E-state index in [1.807, 2.05) is 6.92 Å². The molecule has 288 valence electrons. The van der Waals surface area contributed by atoms with Gasteiger partial charge in [-0.25, -0.2) is 13.8 Å². The first-order chi connectivity index (χ1) is 24.0. The van der Waals surface area contributed by atoms with Crippen molar-refractivity contribution in [3.8, 4) is 11.8 Å². The second-order valence-electron chi connectivity index (χ2n) is 10.5. The maximum atomic E-state index is 14.2. The van der Waals surface area contributed by atoms with Crippen LogP contribution in [0.15, 0.2) is 16.9 Å². The van der Waals surface area contributed by atoms with Crippen molar-refractivity contribution in [3.05, 3.63) is 50.1 Å². The fourth-order valence-corrected chi connectivity index (χ4v) is 4.55. The summed E-state index contributed by atoms with van der Waals surface area (Å²) in [6.45, 7) is 5.41. The Hall–Kier alpha value is -4.03. The predicted octanol–water partition coefficient (Wildman–Crippen LogP) is 3.71. The molecular formula is C27H35Cl3F3N10O8P. The Bertz CT molecular complexity index is 1840. The molecule has 1 aromatic carbocycles. The molecule has 1 atom stereocenters. The molecule has 0 spiro atoms. The first kappa shape index (κ1) is 46.0. The number of hydrogen-bond acceptors (Lipinski definition) is 13. The van der Waals surface area contributed by atoms with Gasteiger partial charge in [0.1, 0.15) is 22.4 Å². The molecule has 0 radical (unpaired) electrons. The SMILES string of the molecule is CCNc1nc(Cl)nc(NC(C)(C)C#N)n1.CCOC(=O)C(Cl)Cc1cc(-n2nc(C)n(C(F)F)c2=O)c(F)cc1Cl.O=C(O)CNCP(=O)(O)O. The first-order valence-electron chi connectivity index (χ1n) is 14.6. The summed E-state index contributed by atoms with van der Waals surface area (Å²) in [5.41, 5.74) is -2.12. The number of aliphatic carboxylic acids is 1. The molecule has 0 saturated carbocycles. The number of anilines is 2. The number of ether oxygens (including phenoxy) is 1. The number of benzene rings is 1. The molecule has 6 N–H and O–H groups in total. The monoisotopic (exact) mass is 820 g/mol. The number of nitriles is 1. The Kier molecular flexibility index (Phi) is 18.5. The lowest BCUT2D eigenvalue weighted by molar-refractivity contribution is -0.142. The summed E-state index contributed by atoms with van der Waals surface area (Å²) in [4.78, 5) is 61.7. The molecule has 1 unspecified atom stereocenters. The Labute approximate surface area is 309 Å². The van der Waals surface area contributed by atoms with Crippen LogP contribution in [0.3, 0.4) is 0 Å². The number of carboxylic acids is 1. The third kappa shape index (κ3) is 15.7. The van der Waals surface area contributed by atoms with Crippen LogP contribution in [0.1, 0.15) is 45.6 Å². The van der Waals surface area contributed by atoms with Gasteiger partial charge >= 0.3 is 31.8 Å². The maximum absolute atomic E-state index is 14.2. The number of nitrogens with zero attached hydrogens (tertiary/aromatic N) is 7. The van der Waals surface area contributed by atoms with E-state index < -0.39 is 61.3 Å². The van der Waals surface area contributed by atoms with E-state index in [1.54, 1.807) is 20.8 Å². The lowest BCUT2D eigenvalue weighted by Crippen LogP contribution is -2.29. The highest BCUT2D eigenvalue weighted by atomic mass is 35.5. The lowest BCUT2D eigenvalue weighted by Gasteiger charge is -2.17. The number of nitrogens with one attached hydrogen (secondary N) is 3. The second kappa shape index (κ2) is 20.9. The van der Waals surface area contributed by atoms with Crippen LogP contribution in [-0.2, 0) is 25.3 Å². The number of alkyl halides is 3. The smallest absolute Gasteiger partial charge is 0.355 e. The van der Waals surface area contributed by atoms with Gasteiger partial charge < -0.3 is 30.3 Å². The Balaban J connectivity index is 0.000000441. The number of rotatable bonds is 14. The minimum absolute atomic E-state index is 0.0424. The van der Waals surface area contributed by atoms with Gasteiger partial charge in [-0.15, -0.1) is 16.7 Å². The molecule has 3 rings (SSSR count). The summed E-state index contributed by atoms with van der Waals surface area (Å²) in [6, 6.07) is 4.11. The molecule has 0 bridgehead atoms. The van der Waals surface area contributed by atoms with E-state index in [1.165, 1.54) is 6.92 Å². The molecule has 52 heavy (non-hydrogen) atoms. The Morgan fingerprint density at radius 3 is 2.27 bits per heavy atom. The second-order valence-corrected chi connectivity index (χ2v) is 13.4. The minimum Gasteiger partial charge on any atom is -0.480 e. The van der Waals surface area contributed by atoms with Crippen molar-refractivity contribution < 1.29 is 47.0 Å². The Morgan fingerprint density at radius 1 is 1.15 bits per heavy atom. The number of carbonyl (C=O) groups is 2. The van der Waals surface area contributed by atoms with E-state index in [0.717, 1.165) is 12.1 Å². The zero-order valence-corrected chi connectivity index (χ0v) is 31.2. The minimum atomic E-state index is -4.10. The molecule has 0 amide bonds. The zero-order valence-electron chi connectivity index (χ0n) is 28.1. The van der Waals surface area contributed by atoms with E-state index in [4.69, 9.17) is 59.7 Å². The highest BCUT2D eigenvalue weighted by Crippen LogP contribution is 2.31. The van der Waals surface area contributed by atoms with Crippen molar-refractivity contribution >= 4 is 66.2 Å². The van der Waals surface area contributed by atoms with Crippen LogP contribution in [0, 0.1) is 24.1 Å². The zero-order chi connectivity index (χ0) is 40.0. The number of hydrogen-bond donors (Lipinski definition) is 6. The topological polar surface area (TPSA) is 259 Å². The van der Waals surface area contributed by atoms with Crippen molar-refractivity contribution in [2.24, 2.45) is 0 Å². The van der Waals surface area contributed by atoms with Gasteiger partial charge in [0.15, 0.2) is 5.82 Å². The standard InChI is InChI=1S/C15H14Cl2F3N3O3.C9H13ClN6.C3H8NO5P/c1-3-26-13(24)10(17)4-8-5-12(11(18)6-9(8)16)23-15(25)22(14(19)20)7(2)21-23;1-4-12-7-13-6(10)14-8(15-7)16-9(2,3)5-11;5-3(6)1-4-2-10(7,8)9/h5-6,10,14H,3-4H2,1-2H3;4H2,1-3H3,(H2,12,13,14,15,16);4H,1-2H2,(H,5,6)(H2,7,8,9). The normalized spacial score (nSPS) is 11.7. The van der Waals surface area contributed by atoms with Gasteiger partial charge in [-0.3, -0.25) is 19.5 Å². The van der Waals surface area contributed by atoms with Crippen molar-refractivity contribution in [2.75, 3.05) is 36.6 Å². The average molecular weight is 822 g/mol. The molecule has 25 heteroatoms. The summed E-state index contributed by atoms with van der Waals surface area (Å²) < 4.78 is 55.5. The summed E-state index contributed by atoms with van der Waals surface area (Å²) in [7, 11) is -4.10. The fourth-order valence-electron chi connectivity index (χ4n) is 3.53. The van der Waals surface area contributed by atoms with Crippen molar-refractivity contribution in [1.82, 2.24) is 34.6 Å². The van der Waals surface area contributed by atoms with Crippen LogP contribution in [0.25, 0.3) is 5.69 Å². The number of esters is 1. The molecule has 0 aliphatic carbocycles. The third-order valence-corrected chi connectivity index (χ3v) is 7.19. The van der Waals surface area contributed by atoms with Crippen LogP contribution in [0.5, 0.6) is 0 Å². The van der Waals surface area contributed by atoms with Gasteiger partial charge in [0.05, 0.1) is 25.5 Å². The van der Waals surface area contributed by atoms with E-state index >= 15 is 0 Å². The van der Waals surface area contributed by atoms with Crippen LogP contribution < -0.4 is 21.6 Å². The van der Waals surface area contributed by atoms with Gasteiger partial charge in [0.2, 0.25) is 17.2 Å². The molecule has 0 saturated heterocycles. The van der Waals surface area contributed by atoms with E-state index in [2.05, 4.69) is 42.1 Å². The number of carbonyl (C=O) groups excluding carboxylic acids is 1. The molecule has 0 fully saturated rings. The van der Waals surface area contributed by atoms with Crippen LogP contribution in [0.4, 0.5) is 25.1 Å². The highest BCUT2D eigenvalue weighted by Gasteiger charge is 2.24. The van der Waals surface area contributed by atoms with Gasteiger partial charge in [-0.2, -0.15) is 33.7 Å². The molecule has 0 aliphatic rings. The first-order valence-corrected chi connectivity index (χ1v) is 17.6. The number of halogens is 6. The Morgan fingerprint density at radius 2 is 1.77 bits per heavy atom. The number of aryl methyl sites for hydroxylation is 1. The van der Waals surface area contributed by atoms with E-state index in [9.17, 15) is 32.1 Å². The van der Waals surface area contributed by atoms with Gasteiger partial charge in [-0.05, 0) is 63.9 Å². The number of aromatic nitrogens is 6. The average Bonchev–Trinajstić information content (AvgIpc) is 3.31. The fraction of sp³-hybridized carbons (Fsp3) is 0.481. The van der Waals surface area contributed by atoms with E-state index in [-0.39, 0.29) is 50.9 Å². The maximum Gasteiger partial charge on any atom is 0.355 e. The van der Waals surface area contributed by atoms with Crippen LogP contribution in [-0.4, -0.2) is 93.0 Å². The summed E-state index contributed by atoms with van der Waals surface area (Å²) >= 11 is 17.6. The van der Waals surface area contributed by atoms with Crippen molar-refractivity contribution in [1.29, 1.82) is 5.26 Å². The quantitative estimate of drug-likeness (QED) is 0.0769. The summed E-state index contributed by atoms with van der Waals surface area (Å²) in [5.74, 6) is -2.40. The molecule has 3 aromatic rings. The summed E-state index contributed by atoms with van der Waals surface area (Å²) in [6.07, 6.45) is -0.713. The molecule has 0 aliphatic heterocycles. The van der Waals surface area contributed by atoms with Crippen LogP contribution in [0.2, 0.25) is 10.3 Å². The number of carboxylic acid groups (broad SMARTS) is 1. The third-order valence-electron chi connectivity index (χ3n) is 5.70. The largest absolute Gasteiger partial charge is 0.480 e. The highest BCUT2D eigenvalue weighted by molar-refractivity contribution is 7.51. The molecular weight excluding hydrogens is 787 g/mol. The van der Waals surface area contributed by atoms with E-state index in [0.29, 0.717) is 17.2 Å².